The molecule has 0 radical (unpaired) electrons. The van der Waals surface area contributed by atoms with Crippen LogP contribution in [0.5, 0.6) is 5.75 Å². The molecule has 7 nitrogen and oxygen atoms in total. The lowest BCUT2D eigenvalue weighted by Gasteiger charge is -2.28. The molecule has 1 fully saturated rings. The number of aliphatic hydroxyl groups is 1. The number of nitrogens with zero attached hydrogens (tertiary/aromatic N) is 3. The highest BCUT2D eigenvalue weighted by Gasteiger charge is 2.46. The van der Waals surface area contributed by atoms with Gasteiger partial charge in [-0.05, 0) is 52.9 Å². The van der Waals surface area contributed by atoms with Crippen molar-refractivity contribution in [2.24, 2.45) is 0 Å². The summed E-state index contributed by atoms with van der Waals surface area (Å²) in [5.41, 5.74) is 4.16. The van der Waals surface area contributed by atoms with Gasteiger partial charge >= 0.3 is 0 Å². The van der Waals surface area contributed by atoms with Gasteiger partial charge in [-0.25, -0.2) is 0 Å². The fourth-order valence-corrected chi connectivity index (χ4v) is 4.79. The molecule has 0 saturated carbocycles. The summed E-state index contributed by atoms with van der Waals surface area (Å²) >= 11 is 0. The first-order valence-electron chi connectivity index (χ1n) is 12.1. The van der Waals surface area contributed by atoms with Gasteiger partial charge in [0.2, 0.25) is 0 Å². The van der Waals surface area contributed by atoms with Crippen LogP contribution in [0.2, 0.25) is 0 Å². The Morgan fingerprint density at radius 1 is 1.08 bits per heavy atom. The van der Waals surface area contributed by atoms with Crippen molar-refractivity contribution >= 4 is 23.1 Å². The molecule has 1 saturated heterocycles. The van der Waals surface area contributed by atoms with Crippen molar-refractivity contribution in [1.29, 1.82) is 0 Å². The van der Waals surface area contributed by atoms with Crippen LogP contribution in [0.3, 0.4) is 0 Å². The zero-order chi connectivity index (χ0) is 25.4. The molecule has 2 aliphatic rings. The SMILES string of the molecule is CC(C)c1ccc(C2/C(=C(/O)c3ccc4c(c3)N(C)CCO4)C(=O)C(=O)N2Cc2ccncc2)cc1. The minimum Gasteiger partial charge on any atom is -0.507 e. The molecule has 184 valence electrons. The van der Waals surface area contributed by atoms with Crippen LogP contribution in [0.4, 0.5) is 5.69 Å². The third kappa shape index (κ3) is 4.21. The summed E-state index contributed by atoms with van der Waals surface area (Å²) in [5.74, 6) is -0.451. The van der Waals surface area contributed by atoms with Crippen LogP contribution in [0.15, 0.2) is 72.6 Å². The number of hydrogen-bond acceptors (Lipinski definition) is 6. The summed E-state index contributed by atoms with van der Waals surface area (Å²) in [6.07, 6.45) is 3.31. The van der Waals surface area contributed by atoms with E-state index in [0.29, 0.717) is 18.1 Å². The normalized spacial score (nSPS) is 18.9. The number of carbonyl (C=O) groups excluding carboxylic acids is 2. The quantitative estimate of drug-likeness (QED) is 0.323. The Morgan fingerprint density at radius 2 is 1.81 bits per heavy atom. The molecule has 0 bridgehead atoms. The van der Waals surface area contributed by atoms with Crippen molar-refractivity contribution < 1.29 is 19.4 Å². The third-order valence-electron chi connectivity index (χ3n) is 6.89. The first-order valence-corrected chi connectivity index (χ1v) is 12.1. The summed E-state index contributed by atoms with van der Waals surface area (Å²) in [4.78, 5) is 34.3. The number of pyridine rings is 1. The molecule has 1 amide bonds. The van der Waals surface area contributed by atoms with Gasteiger partial charge in [-0.2, -0.15) is 0 Å². The molecule has 3 aromatic rings. The Bertz CT molecular complexity index is 1330. The van der Waals surface area contributed by atoms with Crippen LogP contribution >= 0.6 is 0 Å². The lowest BCUT2D eigenvalue weighted by atomic mass is 9.93. The fourth-order valence-electron chi connectivity index (χ4n) is 4.79. The number of ether oxygens (including phenoxy) is 1. The van der Waals surface area contributed by atoms with E-state index in [1.165, 1.54) is 4.90 Å². The summed E-state index contributed by atoms with van der Waals surface area (Å²) in [6, 6.07) is 16.1. The number of aromatic nitrogens is 1. The molecular formula is C29H29N3O4. The van der Waals surface area contributed by atoms with Crippen LogP contribution in [-0.4, -0.2) is 46.9 Å². The molecule has 3 heterocycles. The topological polar surface area (TPSA) is 83.0 Å². The van der Waals surface area contributed by atoms with Crippen LogP contribution in [-0.2, 0) is 16.1 Å². The molecule has 2 aromatic carbocycles. The van der Waals surface area contributed by atoms with Crippen molar-refractivity contribution in [3.05, 3.63) is 94.8 Å². The summed E-state index contributed by atoms with van der Waals surface area (Å²) < 4.78 is 5.72. The van der Waals surface area contributed by atoms with E-state index < -0.39 is 17.7 Å². The van der Waals surface area contributed by atoms with Gasteiger partial charge in [-0.3, -0.25) is 14.6 Å². The first kappa shape index (κ1) is 23.6. The van der Waals surface area contributed by atoms with Crippen molar-refractivity contribution in [2.75, 3.05) is 25.1 Å². The number of Topliss-reactive ketones (excluding diaryl/α,β-unsaturated/α-hetero) is 1. The van der Waals surface area contributed by atoms with E-state index in [1.807, 2.05) is 48.3 Å². The summed E-state index contributed by atoms with van der Waals surface area (Å²) in [5, 5.41) is 11.5. The van der Waals surface area contributed by atoms with Crippen LogP contribution in [0.1, 0.15) is 48.1 Å². The summed E-state index contributed by atoms with van der Waals surface area (Å²) in [6.45, 7) is 5.75. The van der Waals surface area contributed by atoms with E-state index >= 15 is 0 Å². The number of aliphatic hydroxyl groups excluding tert-OH is 1. The molecule has 0 aliphatic carbocycles. The molecular weight excluding hydrogens is 454 g/mol. The highest BCUT2D eigenvalue weighted by atomic mass is 16.5. The number of hydrogen-bond donors (Lipinski definition) is 1. The number of carbonyl (C=O) groups is 2. The van der Waals surface area contributed by atoms with Crippen molar-refractivity contribution in [3.63, 3.8) is 0 Å². The minimum absolute atomic E-state index is 0.0886. The number of benzene rings is 2. The zero-order valence-electron chi connectivity index (χ0n) is 20.6. The molecule has 36 heavy (non-hydrogen) atoms. The van der Waals surface area contributed by atoms with Gasteiger partial charge < -0.3 is 19.6 Å². The average molecular weight is 484 g/mol. The maximum atomic E-state index is 13.4. The van der Waals surface area contributed by atoms with E-state index in [-0.39, 0.29) is 17.9 Å². The second-order valence-electron chi connectivity index (χ2n) is 9.56. The number of amides is 1. The maximum Gasteiger partial charge on any atom is 0.295 e. The number of ketones is 1. The maximum absolute atomic E-state index is 13.4. The highest BCUT2D eigenvalue weighted by Crippen LogP contribution is 2.42. The number of likely N-dealkylation sites (N-methyl/N-ethyl adjacent to an activating group) is 1. The van der Waals surface area contributed by atoms with Gasteiger partial charge in [0.1, 0.15) is 18.1 Å². The lowest BCUT2D eigenvalue weighted by molar-refractivity contribution is -0.140. The fraction of sp³-hybridized carbons (Fsp3) is 0.276. The standard InChI is InChI=1S/C29H29N3O4/c1-18(2)20-4-6-21(7-5-20)26-25(28(34)29(35)32(26)17-19-10-12-30-13-11-19)27(33)22-8-9-24-23(16-22)31(3)14-15-36-24/h4-13,16,18,26,33H,14-15,17H2,1-3H3/b27-25-. The molecule has 1 atom stereocenters. The Labute approximate surface area is 210 Å². The smallest absolute Gasteiger partial charge is 0.295 e. The van der Waals surface area contributed by atoms with Crippen LogP contribution in [0.25, 0.3) is 5.76 Å². The van der Waals surface area contributed by atoms with E-state index in [0.717, 1.165) is 34.7 Å². The second-order valence-corrected chi connectivity index (χ2v) is 9.56. The number of fused-ring (bicyclic) bond motifs is 1. The van der Waals surface area contributed by atoms with Gasteiger partial charge in [-0.15, -0.1) is 0 Å². The third-order valence-corrected chi connectivity index (χ3v) is 6.89. The molecule has 7 heteroatoms. The molecule has 1 unspecified atom stereocenters. The lowest BCUT2D eigenvalue weighted by Crippen LogP contribution is -2.29. The summed E-state index contributed by atoms with van der Waals surface area (Å²) in [7, 11) is 1.95. The van der Waals surface area contributed by atoms with Gasteiger partial charge in [0, 0.05) is 31.5 Å². The van der Waals surface area contributed by atoms with Crippen LogP contribution < -0.4 is 9.64 Å². The van der Waals surface area contributed by atoms with Crippen molar-refractivity contribution in [2.45, 2.75) is 32.4 Å². The minimum atomic E-state index is -0.718. The second kappa shape index (κ2) is 9.49. The Hall–Kier alpha value is -4.13. The Kier molecular flexibility index (Phi) is 6.22. The van der Waals surface area contributed by atoms with E-state index in [4.69, 9.17) is 4.74 Å². The number of anilines is 1. The molecule has 5 rings (SSSR count). The van der Waals surface area contributed by atoms with Gasteiger partial charge in [0.25, 0.3) is 11.7 Å². The van der Waals surface area contributed by atoms with Crippen molar-refractivity contribution in [3.8, 4) is 5.75 Å². The first-order chi connectivity index (χ1) is 17.3. The Morgan fingerprint density at radius 3 is 2.50 bits per heavy atom. The molecule has 0 spiro atoms. The number of likely N-dealkylation sites (tertiary alicyclic amines) is 1. The van der Waals surface area contributed by atoms with E-state index in [9.17, 15) is 14.7 Å². The largest absolute Gasteiger partial charge is 0.507 e. The molecule has 1 N–H and O–H groups in total. The van der Waals surface area contributed by atoms with E-state index in [2.05, 4.69) is 18.8 Å². The molecule has 1 aromatic heterocycles. The zero-order valence-corrected chi connectivity index (χ0v) is 20.6. The van der Waals surface area contributed by atoms with Crippen LogP contribution in [0, 0.1) is 0 Å². The highest BCUT2D eigenvalue weighted by molar-refractivity contribution is 6.46. The monoisotopic (exact) mass is 483 g/mol. The Balaban J connectivity index is 1.63. The number of rotatable bonds is 5. The van der Waals surface area contributed by atoms with Gasteiger partial charge in [0.05, 0.1) is 23.8 Å². The van der Waals surface area contributed by atoms with Gasteiger partial charge in [-0.1, -0.05) is 38.1 Å². The predicted molar refractivity (Wildman–Crippen MR) is 138 cm³/mol. The molecule has 2 aliphatic heterocycles. The van der Waals surface area contributed by atoms with E-state index in [1.54, 1.807) is 30.6 Å². The van der Waals surface area contributed by atoms with Gasteiger partial charge in [0.15, 0.2) is 0 Å². The van der Waals surface area contributed by atoms with Crippen molar-refractivity contribution in [1.82, 2.24) is 9.88 Å². The predicted octanol–water partition coefficient (Wildman–Crippen LogP) is 4.66. The average Bonchev–Trinajstić information content (AvgIpc) is 3.14.